The van der Waals surface area contributed by atoms with E-state index in [0.717, 1.165) is 19.4 Å². The van der Waals surface area contributed by atoms with E-state index in [4.69, 9.17) is 4.74 Å². The van der Waals surface area contributed by atoms with Crippen molar-refractivity contribution in [2.24, 2.45) is 0 Å². The van der Waals surface area contributed by atoms with Crippen LogP contribution in [0.25, 0.3) is 0 Å². The van der Waals surface area contributed by atoms with Crippen LogP contribution >= 0.6 is 0 Å². The van der Waals surface area contributed by atoms with Crippen molar-refractivity contribution in [3.8, 4) is 0 Å². The maximum atomic E-state index is 5.13. The number of hydrogen-bond donors (Lipinski definition) is 1. The molecule has 0 saturated heterocycles. The monoisotopic (exact) mass is 283 g/mol. The Labute approximate surface area is 128 Å². The summed E-state index contributed by atoms with van der Waals surface area (Å²) in [6.07, 6.45) is 2.02. The lowest BCUT2D eigenvalue weighted by Crippen LogP contribution is -2.19. The van der Waals surface area contributed by atoms with E-state index >= 15 is 0 Å². The fraction of sp³-hybridized carbons (Fsp3) is 0.368. The molecule has 2 aromatic rings. The molecule has 0 spiro atoms. The van der Waals surface area contributed by atoms with Crippen molar-refractivity contribution in [1.29, 1.82) is 0 Å². The Hall–Kier alpha value is -1.64. The van der Waals surface area contributed by atoms with Crippen molar-refractivity contribution in [3.63, 3.8) is 0 Å². The summed E-state index contributed by atoms with van der Waals surface area (Å²) in [6.45, 7) is 2.98. The van der Waals surface area contributed by atoms with Crippen molar-refractivity contribution in [1.82, 2.24) is 5.32 Å². The summed E-state index contributed by atoms with van der Waals surface area (Å²) in [5.74, 6) is 0. The summed E-state index contributed by atoms with van der Waals surface area (Å²) in [5, 5.41) is 3.45. The van der Waals surface area contributed by atoms with Gasteiger partial charge in [-0.2, -0.15) is 0 Å². The standard InChI is InChI=1S/C19H25NO/c1-4-16-7-5-6-8-18(16)19(20-2)17-11-9-15(10-12-17)13-14-21-3/h5-12,19-20H,4,13-14H2,1-3H3. The van der Waals surface area contributed by atoms with Gasteiger partial charge in [0.25, 0.3) is 0 Å². The first-order valence-corrected chi connectivity index (χ1v) is 7.63. The highest BCUT2D eigenvalue weighted by molar-refractivity contribution is 5.38. The van der Waals surface area contributed by atoms with Crippen LogP contribution in [0, 0.1) is 0 Å². The van der Waals surface area contributed by atoms with Gasteiger partial charge < -0.3 is 10.1 Å². The highest BCUT2D eigenvalue weighted by Gasteiger charge is 2.14. The molecular formula is C19H25NO. The zero-order valence-corrected chi connectivity index (χ0v) is 13.2. The zero-order valence-electron chi connectivity index (χ0n) is 13.2. The maximum absolute atomic E-state index is 5.13. The number of benzene rings is 2. The van der Waals surface area contributed by atoms with Gasteiger partial charge in [-0.25, -0.2) is 0 Å². The minimum Gasteiger partial charge on any atom is -0.384 e. The Morgan fingerprint density at radius 2 is 1.76 bits per heavy atom. The topological polar surface area (TPSA) is 21.3 Å². The van der Waals surface area contributed by atoms with E-state index < -0.39 is 0 Å². The number of aryl methyl sites for hydroxylation is 1. The Kier molecular flexibility index (Phi) is 5.97. The van der Waals surface area contributed by atoms with Gasteiger partial charge >= 0.3 is 0 Å². The molecule has 0 heterocycles. The van der Waals surface area contributed by atoms with Crippen LogP contribution < -0.4 is 5.32 Å². The molecule has 21 heavy (non-hydrogen) atoms. The second kappa shape index (κ2) is 7.96. The van der Waals surface area contributed by atoms with Crippen LogP contribution in [0.15, 0.2) is 48.5 Å². The summed E-state index contributed by atoms with van der Waals surface area (Å²) in [7, 11) is 3.77. The predicted octanol–water partition coefficient (Wildman–Crippen LogP) is 3.75. The third-order valence-corrected chi connectivity index (χ3v) is 3.94. The highest BCUT2D eigenvalue weighted by atomic mass is 16.5. The Bertz CT molecular complexity index is 548. The molecule has 0 aliphatic carbocycles. The Morgan fingerprint density at radius 1 is 1.05 bits per heavy atom. The minimum absolute atomic E-state index is 0.248. The van der Waals surface area contributed by atoms with Crippen LogP contribution in [-0.4, -0.2) is 20.8 Å². The fourth-order valence-corrected chi connectivity index (χ4v) is 2.74. The van der Waals surface area contributed by atoms with Crippen molar-refractivity contribution in [3.05, 3.63) is 70.8 Å². The van der Waals surface area contributed by atoms with Crippen LogP contribution in [0.3, 0.4) is 0 Å². The van der Waals surface area contributed by atoms with E-state index in [0.29, 0.717) is 0 Å². The quantitative estimate of drug-likeness (QED) is 0.835. The van der Waals surface area contributed by atoms with Gasteiger partial charge in [-0.05, 0) is 42.1 Å². The molecule has 0 amide bonds. The van der Waals surface area contributed by atoms with Crippen LogP contribution in [0.2, 0.25) is 0 Å². The Morgan fingerprint density at radius 3 is 2.38 bits per heavy atom. The average molecular weight is 283 g/mol. The van der Waals surface area contributed by atoms with E-state index in [1.54, 1.807) is 7.11 Å². The Balaban J connectivity index is 2.24. The van der Waals surface area contributed by atoms with E-state index in [1.807, 2.05) is 7.05 Å². The van der Waals surface area contributed by atoms with Crippen molar-refractivity contribution >= 4 is 0 Å². The highest BCUT2D eigenvalue weighted by Crippen LogP contribution is 2.25. The first kappa shape index (κ1) is 15.7. The van der Waals surface area contributed by atoms with Crippen molar-refractivity contribution in [2.75, 3.05) is 20.8 Å². The van der Waals surface area contributed by atoms with E-state index in [1.165, 1.54) is 22.3 Å². The lowest BCUT2D eigenvalue weighted by atomic mass is 9.93. The number of rotatable bonds is 7. The van der Waals surface area contributed by atoms with E-state index in [2.05, 4.69) is 60.8 Å². The molecule has 0 bridgehead atoms. The van der Waals surface area contributed by atoms with Crippen LogP contribution in [0.4, 0.5) is 0 Å². The first-order chi connectivity index (χ1) is 10.3. The lowest BCUT2D eigenvalue weighted by Gasteiger charge is -2.20. The molecule has 0 radical (unpaired) electrons. The predicted molar refractivity (Wildman–Crippen MR) is 88.7 cm³/mol. The second-order valence-corrected chi connectivity index (χ2v) is 5.26. The summed E-state index contributed by atoms with van der Waals surface area (Å²) < 4.78 is 5.13. The molecule has 1 N–H and O–H groups in total. The third kappa shape index (κ3) is 3.93. The zero-order chi connectivity index (χ0) is 15.1. The summed E-state index contributed by atoms with van der Waals surface area (Å²) in [5.41, 5.74) is 5.39. The molecule has 2 aromatic carbocycles. The van der Waals surface area contributed by atoms with Gasteiger partial charge in [0, 0.05) is 7.11 Å². The minimum atomic E-state index is 0.248. The molecule has 2 rings (SSSR count). The first-order valence-electron chi connectivity index (χ1n) is 7.63. The van der Waals surface area contributed by atoms with Crippen LogP contribution in [0.1, 0.15) is 35.2 Å². The maximum Gasteiger partial charge on any atom is 0.0576 e. The molecule has 2 nitrogen and oxygen atoms in total. The van der Waals surface area contributed by atoms with Crippen LogP contribution in [0.5, 0.6) is 0 Å². The summed E-state index contributed by atoms with van der Waals surface area (Å²) in [4.78, 5) is 0. The summed E-state index contributed by atoms with van der Waals surface area (Å²) >= 11 is 0. The van der Waals surface area contributed by atoms with Crippen molar-refractivity contribution < 1.29 is 4.74 Å². The SMILES string of the molecule is CCc1ccccc1C(NC)c1ccc(CCOC)cc1. The van der Waals surface area contributed by atoms with Gasteiger partial charge in [0.1, 0.15) is 0 Å². The number of nitrogens with one attached hydrogen (secondary N) is 1. The van der Waals surface area contributed by atoms with Gasteiger partial charge in [0.05, 0.1) is 12.6 Å². The average Bonchev–Trinajstić information content (AvgIpc) is 2.55. The fourth-order valence-electron chi connectivity index (χ4n) is 2.74. The third-order valence-electron chi connectivity index (χ3n) is 3.94. The lowest BCUT2D eigenvalue weighted by molar-refractivity contribution is 0.202. The van der Waals surface area contributed by atoms with Crippen LogP contribution in [-0.2, 0) is 17.6 Å². The number of ether oxygens (including phenoxy) is 1. The molecule has 0 fully saturated rings. The number of methoxy groups -OCH3 is 1. The van der Waals surface area contributed by atoms with E-state index in [9.17, 15) is 0 Å². The smallest absolute Gasteiger partial charge is 0.0576 e. The van der Waals surface area contributed by atoms with Gasteiger partial charge in [-0.3, -0.25) is 0 Å². The van der Waals surface area contributed by atoms with Gasteiger partial charge in [-0.15, -0.1) is 0 Å². The molecule has 2 heteroatoms. The molecule has 0 aliphatic heterocycles. The molecule has 112 valence electrons. The van der Waals surface area contributed by atoms with E-state index in [-0.39, 0.29) is 6.04 Å². The normalized spacial score (nSPS) is 12.3. The van der Waals surface area contributed by atoms with Crippen molar-refractivity contribution in [2.45, 2.75) is 25.8 Å². The number of hydrogen-bond acceptors (Lipinski definition) is 2. The van der Waals surface area contributed by atoms with Gasteiger partial charge in [0.2, 0.25) is 0 Å². The molecular weight excluding hydrogens is 258 g/mol. The molecule has 0 saturated carbocycles. The molecule has 1 atom stereocenters. The molecule has 0 aromatic heterocycles. The largest absolute Gasteiger partial charge is 0.384 e. The summed E-state index contributed by atoms with van der Waals surface area (Å²) in [6, 6.07) is 17.8. The molecule has 1 unspecified atom stereocenters. The van der Waals surface area contributed by atoms with Gasteiger partial charge in [0.15, 0.2) is 0 Å². The second-order valence-electron chi connectivity index (χ2n) is 5.26. The molecule has 0 aliphatic rings. The van der Waals surface area contributed by atoms with Gasteiger partial charge in [-0.1, -0.05) is 55.5 Å².